The molecule has 0 atom stereocenters. The molecular formula is C14H16FN3. The van der Waals surface area contributed by atoms with Gasteiger partial charge in [-0.3, -0.25) is 0 Å². The van der Waals surface area contributed by atoms with Gasteiger partial charge in [-0.1, -0.05) is 19.1 Å². The molecule has 0 saturated heterocycles. The quantitative estimate of drug-likeness (QED) is 0.814. The van der Waals surface area contributed by atoms with Crippen LogP contribution in [0.15, 0.2) is 30.6 Å². The summed E-state index contributed by atoms with van der Waals surface area (Å²) in [5.41, 5.74) is 1.05. The third kappa shape index (κ3) is 1.55. The lowest BCUT2D eigenvalue weighted by atomic mass is 9.58. The minimum atomic E-state index is -0.195. The van der Waals surface area contributed by atoms with Crippen LogP contribution >= 0.6 is 0 Å². The topological polar surface area (TPSA) is 30.7 Å². The zero-order valence-corrected chi connectivity index (χ0v) is 10.6. The van der Waals surface area contributed by atoms with E-state index in [1.165, 1.54) is 12.1 Å². The molecule has 0 amide bonds. The van der Waals surface area contributed by atoms with Crippen LogP contribution in [0.4, 0.5) is 4.39 Å². The van der Waals surface area contributed by atoms with E-state index >= 15 is 0 Å². The van der Waals surface area contributed by atoms with Crippen LogP contribution in [0.1, 0.15) is 31.2 Å². The van der Waals surface area contributed by atoms with Crippen molar-refractivity contribution in [1.29, 1.82) is 0 Å². The second-order valence-corrected chi connectivity index (χ2v) is 5.37. The van der Waals surface area contributed by atoms with E-state index in [1.54, 1.807) is 6.33 Å². The van der Waals surface area contributed by atoms with E-state index in [9.17, 15) is 4.39 Å². The van der Waals surface area contributed by atoms with Crippen LogP contribution in [0.25, 0.3) is 0 Å². The molecule has 1 saturated carbocycles. The second-order valence-electron chi connectivity index (χ2n) is 5.37. The van der Waals surface area contributed by atoms with E-state index in [4.69, 9.17) is 0 Å². The summed E-state index contributed by atoms with van der Waals surface area (Å²) in [6, 6.07) is 6.79. The van der Waals surface area contributed by atoms with E-state index in [0.29, 0.717) is 5.92 Å². The van der Waals surface area contributed by atoms with E-state index in [-0.39, 0.29) is 11.2 Å². The summed E-state index contributed by atoms with van der Waals surface area (Å²) < 4.78 is 15.0. The minimum absolute atomic E-state index is 0.0850. The number of nitrogens with zero attached hydrogens (tertiary/aromatic N) is 3. The highest BCUT2D eigenvalue weighted by Gasteiger charge is 2.47. The average molecular weight is 245 g/mol. The normalized spacial score (nSPS) is 26.9. The molecule has 0 spiro atoms. The molecule has 3 rings (SSSR count). The van der Waals surface area contributed by atoms with Crippen molar-refractivity contribution in [2.45, 2.75) is 25.2 Å². The maximum absolute atomic E-state index is 13.1. The molecule has 3 nitrogen and oxygen atoms in total. The molecule has 94 valence electrons. The number of aryl methyl sites for hydroxylation is 1. The smallest absolute Gasteiger partial charge is 0.143 e. The largest absolute Gasteiger partial charge is 0.320 e. The summed E-state index contributed by atoms with van der Waals surface area (Å²) in [6.07, 6.45) is 3.82. The predicted molar refractivity (Wildman–Crippen MR) is 66.6 cm³/mol. The van der Waals surface area contributed by atoms with Crippen molar-refractivity contribution in [2.24, 2.45) is 13.0 Å². The van der Waals surface area contributed by atoms with E-state index in [1.807, 2.05) is 23.7 Å². The Morgan fingerprint density at radius 3 is 2.44 bits per heavy atom. The third-order valence-electron chi connectivity index (χ3n) is 3.93. The van der Waals surface area contributed by atoms with Gasteiger partial charge in [-0.2, -0.15) is 0 Å². The number of halogens is 1. The van der Waals surface area contributed by atoms with Crippen LogP contribution < -0.4 is 0 Å². The number of hydrogen-bond donors (Lipinski definition) is 0. The van der Waals surface area contributed by atoms with Gasteiger partial charge < -0.3 is 4.57 Å². The molecule has 1 heterocycles. The molecule has 0 radical (unpaired) electrons. The first-order chi connectivity index (χ1) is 8.62. The predicted octanol–water partition coefficient (Wildman–Crippen LogP) is 2.67. The standard InChI is InChI=1S/C14H16FN3/c1-10-7-14(8-10,13-17-16-9-18(13)2)11-3-5-12(15)6-4-11/h3-6,9-10H,7-8H2,1-2H3. The van der Waals surface area contributed by atoms with Crippen molar-refractivity contribution in [3.63, 3.8) is 0 Å². The molecule has 18 heavy (non-hydrogen) atoms. The lowest BCUT2D eigenvalue weighted by molar-refractivity contribution is 0.185. The van der Waals surface area contributed by atoms with Crippen LogP contribution in [0.2, 0.25) is 0 Å². The van der Waals surface area contributed by atoms with Gasteiger partial charge in [-0.15, -0.1) is 10.2 Å². The van der Waals surface area contributed by atoms with E-state index < -0.39 is 0 Å². The first-order valence-corrected chi connectivity index (χ1v) is 6.22. The zero-order chi connectivity index (χ0) is 12.8. The summed E-state index contributed by atoms with van der Waals surface area (Å²) in [4.78, 5) is 0. The summed E-state index contributed by atoms with van der Waals surface area (Å²) in [7, 11) is 1.96. The third-order valence-corrected chi connectivity index (χ3v) is 3.93. The number of aromatic nitrogens is 3. The summed E-state index contributed by atoms with van der Waals surface area (Å²) >= 11 is 0. The molecule has 1 aromatic heterocycles. The highest BCUT2D eigenvalue weighted by molar-refractivity contribution is 5.36. The highest BCUT2D eigenvalue weighted by atomic mass is 19.1. The molecule has 1 aliphatic rings. The van der Waals surface area contributed by atoms with Crippen molar-refractivity contribution in [2.75, 3.05) is 0 Å². The van der Waals surface area contributed by atoms with Gasteiger partial charge in [0.15, 0.2) is 0 Å². The Morgan fingerprint density at radius 1 is 1.28 bits per heavy atom. The molecular weight excluding hydrogens is 229 g/mol. The van der Waals surface area contributed by atoms with Gasteiger partial charge in [0.1, 0.15) is 18.0 Å². The summed E-state index contributed by atoms with van der Waals surface area (Å²) in [5.74, 6) is 1.46. The molecule has 1 aliphatic carbocycles. The van der Waals surface area contributed by atoms with Gasteiger partial charge >= 0.3 is 0 Å². The Hall–Kier alpha value is -1.71. The van der Waals surface area contributed by atoms with Gasteiger partial charge in [-0.05, 0) is 36.5 Å². The first kappa shape index (κ1) is 11.4. The zero-order valence-electron chi connectivity index (χ0n) is 10.6. The SMILES string of the molecule is CC1CC(c2ccc(F)cc2)(c2nncn2C)C1. The maximum Gasteiger partial charge on any atom is 0.143 e. The summed E-state index contributed by atoms with van der Waals surface area (Å²) in [6.45, 7) is 2.23. The van der Waals surface area contributed by atoms with Crippen molar-refractivity contribution in [3.8, 4) is 0 Å². The molecule has 0 bridgehead atoms. The van der Waals surface area contributed by atoms with Crippen LogP contribution in [0.5, 0.6) is 0 Å². The average Bonchev–Trinajstić information content (AvgIpc) is 2.73. The van der Waals surface area contributed by atoms with Crippen molar-refractivity contribution in [3.05, 3.63) is 47.8 Å². The van der Waals surface area contributed by atoms with Gasteiger partial charge in [0.05, 0.1) is 5.41 Å². The van der Waals surface area contributed by atoms with Gasteiger partial charge in [0, 0.05) is 7.05 Å². The first-order valence-electron chi connectivity index (χ1n) is 6.22. The van der Waals surface area contributed by atoms with Gasteiger partial charge in [-0.25, -0.2) is 4.39 Å². The van der Waals surface area contributed by atoms with Gasteiger partial charge in [0.25, 0.3) is 0 Å². The van der Waals surface area contributed by atoms with Crippen LogP contribution in [0, 0.1) is 11.7 Å². The fraction of sp³-hybridized carbons (Fsp3) is 0.429. The Bertz CT molecular complexity index is 553. The Labute approximate surface area is 106 Å². The molecule has 4 heteroatoms. The lowest BCUT2D eigenvalue weighted by Gasteiger charge is -2.46. The molecule has 1 fully saturated rings. The number of rotatable bonds is 2. The Kier molecular flexibility index (Phi) is 2.47. The molecule has 2 aromatic rings. The minimum Gasteiger partial charge on any atom is -0.320 e. The Balaban J connectivity index is 2.08. The molecule has 0 N–H and O–H groups in total. The fourth-order valence-electron chi connectivity index (χ4n) is 3.16. The molecule has 0 unspecified atom stereocenters. The van der Waals surface area contributed by atoms with Crippen molar-refractivity contribution >= 4 is 0 Å². The van der Waals surface area contributed by atoms with Crippen molar-refractivity contribution < 1.29 is 4.39 Å². The lowest BCUT2D eigenvalue weighted by Crippen LogP contribution is -2.43. The fourth-order valence-corrected chi connectivity index (χ4v) is 3.16. The van der Waals surface area contributed by atoms with E-state index in [0.717, 1.165) is 24.2 Å². The molecule has 1 aromatic carbocycles. The van der Waals surface area contributed by atoms with Crippen LogP contribution in [0.3, 0.4) is 0 Å². The van der Waals surface area contributed by atoms with Crippen LogP contribution in [-0.4, -0.2) is 14.8 Å². The Morgan fingerprint density at radius 2 is 1.94 bits per heavy atom. The van der Waals surface area contributed by atoms with E-state index in [2.05, 4.69) is 17.1 Å². The second kappa shape index (κ2) is 3.90. The molecule has 0 aliphatic heterocycles. The summed E-state index contributed by atoms with van der Waals surface area (Å²) in [5, 5.41) is 8.24. The monoisotopic (exact) mass is 245 g/mol. The maximum atomic E-state index is 13.1. The number of hydrogen-bond acceptors (Lipinski definition) is 2. The number of benzene rings is 1. The van der Waals surface area contributed by atoms with Crippen molar-refractivity contribution in [1.82, 2.24) is 14.8 Å². The van der Waals surface area contributed by atoms with Crippen LogP contribution in [-0.2, 0) is 12.5 Å². The van der Waals surface area contributed by atoms with Gasteiger partial charge in [0.2, 0.25) is 0 Å². The highest BCUT2D eigenvalue weighted by Crippen LogP contribution is 2.51.